The van der Waals surface area contributed by atoms with Gasteiger partial charge in [0.15, 0.2) is 0 Å². The van der Waals surface area contributed by atoms with Crippen molar-refractivity contribution in [2.45, 2.75) is 25.8 Å². The first-order valence-electron chi connectivity index (χ1n) is 7.33. The molecule has 2 aliphatic heterocycles. The van der Waals surface area contributed by atoms with Crippen molar-refractivity contribution in [3.05, 3.63) is 0 Å². The zero-order valence-corrected chi connectivity index (χ0v) is 13.3. The maximum atomic E-state index is 12.3. The average Bonchev–Trinajstić information content (AvgIpc) is 2.48. The summed E-state index contributed by atoms with van der Waals surface area (Å²) in [4.78, 5) is 29.3. The van der Waals surface area contributed by atoms with Crippen LogP contribution >= 0.6 is 12.4 Å². The molecule has 0 aromatic rings. The lowest BCUT2D eigenvalue weighted by molar-refractivity contribution is 0.0765. The Kier molecular flexibility index (Phi) is 7.04. The molecule has 0 bridgehead atoms. The average molecular weight is 321 g/mol. The maximum Gasteiger partial charge on any atom is 0.409 e. The number of carbonyl (C=O) groups excluding carboxylic acids is 2. The van der Waals surface area contributed by atoms with E-state index in [1.54, 1.807) is 11.8 Å². The van der Waals surface area contributed by atoms with Crippen LogP contribution in [0.5, 0.6) is 0 Å². The molecule has 0 aromatic heterocycles. The number of ether oxygens (including phenoxy) is 1. The fourth-order valence-corrected chi connectivity index (χ4v) is 2.59. The summed E-state index contributed by atoms with van der Waals surface area (Å²) in [5, 5.41) is 0. The molecular weight excluding hydrogens is 296 g/mol. The third kappa shape index (κ3) is 4.64. The summed E-state index contributed by atoms with van der Waals surface area (Å²) in [6, 6.07) is 0.292. The number of rotatable bonds is 1. The second-order valence-electron chi connectivity index (χ2n) is 5.28. The molecule has 0 radical (unpaired) electrons. The molecule has 3 amide bonds. The molecule has 0 aliphatic carbocycles. The van der Waals surface area contributed by atoms with E-state index in [1.165, 1.54) is 0 Å². The van der Waals surface area contributed by atoms with Gasteiger partial charge in [0, 0.05) is 45.3 Å². The molecule has 2 heterocycles. The molecule has 0 unspecified atom stereocenters. The van der Waals surface area contributed by atoms with Gasteiger partial charge in [-0.05, 0) is 19.8 Å². The quantitative estimate of drug-likeness (QED) is 0.772. The molecular formula is C13H25ClN4O3. The largest absolute Gasteiger partial charge is 0.450 e. The first-order chi connectivity index (χ1) is 9.61. The van der Waals surface area contributed by atoms with Gasteiger partial charge in [-0.3, -0.25) is 0 Å². The van der Waals surface area contributed by atoms with Gasteiger partial charge >= 0.3 is 12.1 Å². The summed E-state index contributed by atoms with van der Waals surface area (Å²) < 4.78 is 4.96. The number of likely N-dealkylation sites (tertiary alicyclic amines) is 1. The summed E-state index contributed by atoms with van der Waals surface area (Å²) in [5.74, 6) is 0. The Labute approximate surface area is 131 Å². The van der Waals surface area contributed by atoms with Crippen molar-refractivity contribution in [1.29, 1.82) is 0 Å². The van der Waals surface area contributed by atoms with Gasteiger partial charge in [-0.25, -0.2) is 9.59 Å². The highest BCUT2D eigenvalue weighted by Crippen LogP contribution is 2.13. The highest BCUT2D eigenvalue weighted by molar-refractivity contribution is 5.85. The summed E-state index contributed by atoms with van der Waals surface area (Å²) in [6.45, 7) is 5.86. The molecule has 2 N–H and O–H groups in total. The number of halogens is 1. The van der Waals surface area contributed by atoms with Gasteiger partial charge in [-0.1, -0.05) is 0 Å². The van der Waals surface area contributed by atoms with Crippen molar-refractivity contribution < 1.29 is 14.3 Å². The maximum absolute atomic E-state index is 12.3. The topological polar surface area (TPSA) is 79.1 Å². The molecule has 2 aliphatic rings. The van der Waals surface area contributed by atoms with Crippen LogP contribution in [0.25, 0.3) is 0 Å². The van der Waals surface area contributed by atoms with Crippen molar-refractivity contribution in [3.63, 3.8) is 0 Å². The van der Waals surface area contributed by atoms with Crippen molar-refractivity contribution in [2.75, 3.05) is 45.9 Å². The van der Waals surface area contributed by atoms with Crippen LogP contribution < -0.4 is 5.73 Å². The normalized spacial score (nSPS) is 20.0. The monoisotopic (exact) mass is 320 g/mol. The van der Waals surface area contributed by atoms with Crippen LogP contribution in [0.1, 0.15) is 19.8 Å². The molecule has 2 rings (SSSR count). The summed E-state index contributed by atoms with van der Waals surface area (Å²) in [6.07, 6.45) is 1.45. The molecule has 21 heavy (non-hydrogen) atoms. The van der Waals surface area contributed by atoms with Crippen molar-refractivity contribution >= 4 is 24.5 Å². The Morgan fingerprint density at radius 2 is 1.48 bits per heavy atom. The fourth-order valence-electron chi connectivity index (χ4n) is 2.59. The molecule has 0 atom stereocenters. The van der Waals surface area contributed by atoms with Gasteiger partial charge in [-0.15, -0.1) is 12.4 Å². The standard InChI is InChI=1S/C13H24N4O3.ClH/c1-2-20-13(19)17-9-7-16(8-10-17)12(18)15-5-3-11(14)4-6-15;/h11H,2-10,14H2,1H3;1H. The number of hydrogen-bond acceptors (Lipinski definition) is 4. The lowest BCUT2D eigenvalue weighted by Gasteiger charge is -2.38. The minimum absolute atomic E-state index is 0. The number of hydrogen-bond donors (Lipinski definition) is 1. The van der Waals surface area contributed by atoms with E-state index >= 15 is 0 Å². The molecule has 0 aromatic carbocycles. The molecule has 7 nitrogen and oxygen atoms in total. The van der Waals surface area contributed by atoms with E-state index in [-0.39, 0.29) is 30.6 Å². The van der Waals surface area contributed by atoms with Crippen molar-refractivity contribution in [1.82, 2.24) is 14.7 Å². The zero-order valence-electron chi connectivity index (χ0n) is 12.5. The Hall–Kier alpha value is -1.21. The van der Waals surface area contributed by atoms with E-state index in [9.17, 15) is 9.59 Å². The van der Waals surface area contributed by atoms with E-state index in [0.717, 1.165) is 25.9 Å². The number of piperidine rings is 1. The van der Waals surface area contributed by atoms with E-state index in [4.69, 9.17) is 10.5 Å². The van der Waals surface area contributed by atoms with Crippen LogP contribution in [0.4, 0.5) is 9.59 Å². The van der Waals surface area contributed by atoms with E-state index in [0.29, 0.717) is 32.8 Å². The van der Waals surface area contributed by atoms with E-state index in [2.05, 4.69) is 0 Å². The van der Waals surface area contributed by atoms with Gasteiger partial charge < -0.3 is 25.2 Å². The number of carbonyl (C=O) groups is 2. The zero-order chi connectivity index (χ0) is 14.5. The third-order valence-corrected chi connectivity index (χ3v) is 3.89. The van der Waals surface area contributed by atoms with Gasteiger partial charge in [-0.2, -0.15) is 0 Å². The number of nitrogens with zero attached hydrogens (tertiary/aromatic N) is 3. The first-order valence-corrected chi connectivity index (χ1v) is 7.33. The Morgan fingerprint density at radius 1 is 1.00 bits per heavy atom. The van der Waals surface area contributed by atoms with Crippen LogP contribution in [0.15, 0.2) is 0 Å². The molecule has 8 heteroatoms. The Morgan fingerprint density at radius 3 is 2.00 bits per heavy atom. The van der Waals surface area contributed by atoms with Crippen LogP contribution in [-0.4, -0.2) is 78.7 Å². The first kappa shape index (κ1) is 17.8. The number of piperazine rings is 1. The SMILES string of the molecule is CCOC(=O)N1CCN(C(=O)N2CCC(N)CC2)CC1.Cl. The van der Waals surface area contributed by atoms with Crippen LogP contribution in [0.3, 0.4) is 0 Å². The number of amides is 3. The second-order valence-corrected chi connectivity index (χ2v) is 5.28. The summed E-state index contributed by atoms with van der Waals surface area (Å²) in [5.41, 5.74) is 5.85. The lowest BCUT2D eigenvalue weighted by atomic mass is 10.1. The van der Waals surface area contributed by atoms with Crippen molar-refractivity contribution in [3.8, 4) is 0 Å². The molecule has 2 saturated heterocycles. The van der Waals surface area contributed by atoms with E-state index < -0.39 is 0 Å². The predicted octanol–water partition coefficient (Wildman–Crippen LogP) is 0.725. The van der Waals surface area contributed by atoms with Crippen molar-refractivity contribution in [2.24, 2.45) is 5.73 Å². The number of nitrogens with two attached hydrogens (primary N) is 1. The smallest absolute Gasteiger partial charge is 0.409 e. The molecule has 2 fully saturated rings. The Balaban J connectivity index is 0.00000220. The van der Waals surface area contributed by atoms with Crippen LogP contribution in [0.2, 0.25) is 0 Å². The Bertz CT molecular complexity index is 353. The summed E-state index contributed by atoms with van der Waals surface area (Å²) >= 11 is 0. The van der Waals surface area contributed by atoms with Gasteiger partial charge in [0.25, 0.3) is 0 Å². The highest BCUT2D eigenvalue weighted by Gasteiger charge is 2.29. The second kappa shape index (κ2) is 8.29. The van der Waals surface area contributed by atoms with Gasteiger partial charge in [0.05, 0.1) is 6.61 Å². The van der Waals surface area contributed by atoms with Crippen LogP contribution in [0, 0.1) is 0 Å². The summed E-state index contributed by atoms with van der Waals surface area (Å²) in [7, 11) is 0. The van der Waals surface area contributed by atoms with Gasteiger partial charge in [0.1, 0.15) is 0 Å². The van der Waals surface area contributed by atoms with Gasteiger partial charge in [0.2, 0.25) is 0 Å². The highest BCUT2D eigenvalue weighted by atomic mass is 35.5. The molecule has 122 valence electrons. The number of urea groups is 1. The minimum Gasteiger partial charge on any atom is -0.450 e. The molecule has 0 spiro atoms. The van der Waals surface area contributed by atoms with Crippen LogP contribution in [-0.2, 0) is 4.74 Å². The van der Waals surface area contributed by atoms with E-state index in [1.807, 2.05) is 9.80 Å². The minimum atomic E-state index is -0.288. The fraction of sp³-hybridized carbons (Fsp3) is 0.846. The lowest BCUT2D eigenvalue weighted by Crippen LogP contribution is -2.55. The predicted molar refractivity (Wildman–Crippen MR) is 81.6 cm³/mol. The third-order valence-electron chi connectivity index (χ3n) is 3.89. The molecule has 0 saturated carbocycles.